The highest BCUT2D eigenvalue weighted by Gasteiger charge is 2.69. The van der Waals surface area contributed by atoms with E-state index in [1.807, 2.05) is 0 Å². The van der Waals surface area contributed by atoms with Crippen LogP contribution in [0.3, 0.4) is 0 Å². The molecular formula is C14H14F3N3O4. The van der Waals surface area contributed by atoms with Gasteiger partial charge in [-0.1, -0.05) is 17.7 Å². The lowest BCUT2D eigenvalue weighted by molar-refractivity contribution is -0.197. The number of hydrogen-bond donors (Lipinski definition) is 2. The van der Waals surface area contributed by atoms with Crippen LogP contribution in [0.15, 0.2) is 24.3 Å². The summed E-state index contributed by atoms with van der Waals surface area (Å²) in [6, 6.07) is 4.40. The van der Waals surface area contributed by atoms with Crippen LogP contribution in [-0.4, -0.2) is 36.5 Å². The number of imide groups is 1. The van der Waals surface area contributed by atoms with Crippen molar-refractivity contribution in [2.45, 2.75) is 25.7 Å². The van der Waals surface area contributed by atoms with Crippen LogP contribution < -0.4 is 15.5 Å². The molecule has 1 aromatic rings. The molecule has 0 unspecified atom stereocenters. The van der Waals surface area contributed by atoms with Gasteiger partial charge in [-0.15, -0.1) is 0 Å². The van der Waals surface area contributed by atoms with Crippen molar-refractivity contribution >= 4 is 23.7 Å². The third-order valence-corrected chi connectivity index (χ3v) is 3.30. The Labute approximate surface area is 134 Å². The molecule has 0 aliphatic carbocycles. The molecule has 24 heavy (non-hydrogen) atoms. The van der Waals surface area contributed by atoms with E-state index >= 15 is 0 Å². The predicted octanol–water partition coefficient (Wildman–Crippen LogP) is 2.06. The van der Waals surface area contributed by atoms with E-state index in [0.29, 0.717) is 4.90 Å². The first-order valence-corrected chi connectivity index (χ1v) is 6.87. The predicted molar refractivity (Wildman–Crippen MR) is 76.1 cm³/mol. The molecule has 10 heteroatoms. The zero-order valence-electron chi connectivity index (χ0n) is 12.7. The van der Waals surface area contributed by atoms with Gasteiger partial charge < -0.3 is 4.74 Å². The molecule has 0 saturated carbocycles. The Hall–Kier alpha value is -2.78. The zero-order chi connectivity index (χ0) is 18.1. The summed E-state index contributed by atoms with van der Waals surface area (Å²) in [5.41, 5.74) is -2.85. The molecule has 1 aromatic carbocycles. The number of aryl methyl sites for hydroxylation is 1. The van der Waals surface area contributed by atoms with Gasteiger partial charge in [0.2, 0.25) is 0 Å². The average Bonchev–Trinajstić information content (AvgIpc) is 2.72. The van der Waals surface area contributed by atoms with Gasteiger partial charge in [0.05, 0.1) is 12.3 Å². The number of nitrogens with zero attached hydrogens (tertiary/aromatic N) is 1. The van der Waals surface area contributed by atoms with Crippen molar-refractivity contribution in [3.63, 3.8) is 0 Å². The number of alkyl halides is 3. The summed E-state index contributed by atoms with van der Waals surface area (Å²) in [6.45, 7) is 2.91. The summed E-state index contributed by atoms with van der Waals surface area (Å²) in [7, 11) is 0. The summed E-state index contributed by atoms with van der Waals surface area (Å²) in [4.78, 5) is 36.1. The molecule has 0 bridgehead atoms. The van der Waals surface area contributed by atoms with Gasteiger partial charge in [-0.05, 0) is 26.0 Å². The highest BCUT2D eigenvalue weighted by molar-refractivity contribution is 6.24. The van der Waals surface area contributed by atoms with Gasteiger partial charge in [-0.25, -0.2) is 14.5 Å². The number of benzene rings is 1. The minimum Gasteiger partial charge on any atom is -0.450 e. The molecule has 0 spiro atoms. The van der Waals surface area contributed by atoms with Gasteiger partial charge in [0.1, 0.15) is 0 Å². The Balaban J connectivity index is 2.43. The number of halogens is 3. The van der Waals surface area contributed by atoms with Crippen molar-refractivity contribution in [1.29, 1.82) is 0 Å². The van der Waals surface area contributed by atoms with Crippen LogP contribution in [0.1, 0.15) is 12.5 Å². The summed E-state index contributed by atoms with van der Waals surface area (Å²) in [5.74, 6) is -1.67. The van der Waals surface area contributed by atoms with Gasteiger partial charge >= 0.3 is 18.3 Å². The SMILES string of the molecule is CCOC(=O)N[C@@]1(C(F)(F)F)NC(=O)N(c2ccc(C)cc2)C1=O. The first-order valence-electron chi connectivity index (χ1n) is 6.87. The van der Waals surface area contributed by atoms with E-state index in [1.54, 1.807) is 6.92 Å². The first-order chi connectivity index (χ1) is 11.1. The molecule has 0 radical (unpaired) electrons. The molecule has 4 amide bonds. The normalized spacial score (nSPS) is 20.8. The number of rotatable bonds is 3. The molecule has 130 valence electrons. The molecular weight excluding hydrogens is 331 g/mol. The maximum Gasteiger partial charge on any atom is 0.440 e. The molecule has 2 rings (SSSR count). The highest BCUT2D eigenvalue weighted by atomic mass is 19.4. The molecule has 7 nitrogen and oxygen atoms in total. The first kappa shape index (κ1) is 17.6. The number of amides is 4. The van der Waals surface area contributed by atoms with Crippen LogP contribution in [0.2, 0.25) is 0 Å². The highest BCUT2D eigenvalue weighted by Crippen LogP contribution is 2.35. The second-order valence-electron chi connectivity index (χ2n) is 5.00. The number of carbonyl (C=O) groups is 3. The van der Waals surface area contributed by atoms with Gasteiger partial charge in [-0.2, -0.15) is 13.2 Å². The van der Waals surface area contributed by atoms with Crippen molar-refractivity contribution in [3.05, 3.63) is 29.8 Å². The van der Waals surface area contributed by atoms with E-state index in [4.69, 9.17) is 0 Å². The molecule has 1 aliphatic rings. The summed E-state index contributed by atoms with van der Waals surface area (Å²) >= 11 is 0. The lowest BCUT2D eigenvalue weighted by Crippen LogP contribution is -2.69. The summed E-state index contributed by atoms with van der Waals surface area (Å²) in [5, 5.41) is 2.93. The van der Waals surface area contributed by atoms with Crippen molar-refractivity contribution in [2.24, 2.45) is 0 Å². The molecule has 0 aromatic heterocycles. The fourth-order valence-electron chi connectivity index (χ4n) is 2.13. The number of nitrogens with one attached hydrogen (secondary N) is 2. The van der Waals surface area contributed by atoms with Crippen LogP contribution >= 0.6 is 0 Å². The van der Waals surface area contributed by atoms with Crippen molar-refractivity contribution in [1.82, 2.24) is 10.6 Å². The molecule has 1 aliphatic heterocycles. The maximum absolute atomic E-state index is 13.5. The van der Waals surface area contributed by atoms with E-state index in [2.05, 4.69) is 4.74 Å². The van der Waals surface area contributed by atoms with Crippen molar-refractivity contribution < 1.29 is 32.3 Å². The van der Waals surface area contributed by atoms with Gasteiger partial charge in [-0.3, -0.25) is 15.4 Å². The largest absolute Gasteiger partial charge is 0.450 e. The smallest absolute Gasteiger partial charge is 0.440 e. The van der Waals surface area contributed by atoms with E-state index in [0.717, 1.165) is 5.56 Å². The van der Waals surface area contributed by atoms with Gasteiger partial charge in [0.25, 0.3) is 11.6 Å². The Morgan fingerprint density at radius 2 is 1.88 bits per heavy atom. The second kappa shape index (κ2) is 6.02. The second-order valence-corrected chi connectivity index (χ2v) is 5.00. The van der Waals surface area contributed by atoms with Crippen LogP contribution in [0.4, 0.5) is 28.4 Å². The summed E-state index contributed by atoms with van der Waals surface area (Å²) < 4.78 is 44.8. The molecule has 2 N–H and O–H groups in total. The monoisotopic (exact) mass is 345 g/mol. The van der Waals surface area contributed by atoms with E-state index in [-0.39, 0.29) is 12.3 Å². The van der Waals surface area contributed by atoms with Crippen molar-refractivity contribution in [3.8, 4) is 0 Å². The fourth-order valence-corrected chi connectivity index (χ4v) is 2.13. The Bertz CT molecular complexity index is 675. The van der Waals surface area contributed by atoms with E-state index < -0.39 is 29.9 Å². The quantitative estimate of drug-likeness (QED) is 0.821. The van der Waals surface area contributed by atoms with Gasteiger partial charge in [0.15, 0.2) is 0 Å². The van der Waals surface area contributed by atoms with E-state index in [9.17, 15) is 27.6 Å². The Morgan fingerprint density at radius 1 is 1.29 bits per heavy atom. The van der Waals surface area contributed by atoms with Crippen LogP contribution in [0.25, 0.3) is 0 Å². The maximum atomic E-state index is 13.5. The lowest BCUT2D eigenvalue weighted by Gasteiger charge is -2.29. The standard InChI is InChI=1S/C14H14F3N3O4/c1-3-24-12(23)19-13(14(15,16)17)10(21)20(11(22)18-13)9-6-4-8(2)5-7-9/h4-7H,3H2,1-2H3,(H,18,22)(H,19,23)/t13-/m0/s1. The number of hydrogen-bond acceptors (Lipinski definition) is 4. The number of carbonyl (C=O) groups excluding carboxylic acids is 3. The number of urea groups is 1. The third kappa shape index (κ3) is 2.86. The van der Waals surface area contributed by atoms with E-state index in [1.165, 1.54) is 41.8 Å². The number of alkyl carbamates (subject to hydrolysis) is 1. The molecule has 1 atom stereocenters. The lowest BCUT2D eigenvalue weighted by atomic mass is 10.1. The number of anilines is 1. The Morgan fingerprint density at radius 3 is 2.38 bits per heavy atom. The Kier molecular flexibility index (Phi) is 4.41. The van der Waals surface area contributed by atoms with Gasteiger partial charge in [0, 0.05) is 0 Å². The zero-order valence-corrected chi connectivity index (χ0v) is 12.7. The minimum atomic E-state index is -5.27. The summed E-state index contributed by atoms with van der Waals surface area (Å²) in [6.07, 6.45) is -6.75. The van der Waals surface area contributed by atoms with Crippen LogP contribution in [0, 0.1) is 6.92 Å². The number of ether oxygens (including phenoxy) is 1. The van der Waals surface area contributed by atoms with Crippen LogP contribution in [0.5, 0.6) is 0 Å². The molecule has 1 heterocycles. The van der Waals surface area contributed by atoms with Crippen molar-refractivity contribution in [2.75, 3.05) is 11.5 Å². The molecule has 1 saturated heterocycles. The third-order valence-electron chi connectivity index (χ3n) is 3.30. The average molecular weight is 345 g/mol. The molecule has 1 fully saturated rings. The van der Waals surface area contributed by atoms with Crippen LogP contribution in [-0.2, 0) is 9.53 Å². The minimum absolute atomic E-state index is 0.0557. The topological polar surface area (TPSA) is 87.7 Å². The fraction of sp³-hybridized carbons (Fsp3) is 0.357.